The fraction of sp³-hybridized carbons (Fsp3) is 0.286. The van der Waals surface area contributed by atoms with Crippen LogP contribution in [0.15, 0.2) is 24.3 Å². The van der Waals surface area contributed by atoms with Gasteiger partial charge in [0.05, 0.1) is 18.5 Å². The molecular weight excluding hydrogens is 288 g/mol. The first-order chi connectivity index (χ1) is 10.0. The Hall–Kier alpha value is -2.28. The van der Waals surface area contributed by atoms with Crippen molar-refractivity contribution in [3.05, 3.63) is 34.7 Å². The van der Waals surface area contributed by atoms with Crippen molar-refractivity contribution in [3.8, 4) is 5.88 Å². The van der Waals surface area contributed by atoms with Gasteiger partial charge in [-0.1, -0.05) is 11.3 Å². The summed E-state index contributed by atoms with van der Waals surface area (Å²) in [5.74, 6) is 0.200. The number of ether oxygens (including phenoxy) is 1. The van der Waals surface area contributed by atoms with Crippen LogP contribution in [0.4, 0.5) is 10.8 Å². The van der Waals surface area contributed by atoms with Crippen molar-refractivity contribution in [2.24, 2.45) is 5.73 Å². The lowest BCUT2D eigenvalue weighted by Crippen LogP contribution is -2.10. The van der Waals surface area contributed by atoms with Crippen LogP contribution in [-0.4, -0.2) is 32.1 Å². The molecule has 0 spiro atoms. The van der Waals surface area contributed by atoms with E-state index in [-0.39, 0.29) is 0 Å². The summed E-state index contributed by atoms with van der Waals surface area (Å²) in [5, 5.41) is 4.17. The summed E-state index contributed by atoms with van der Waals surface area (Å²) < 4.78 is 5.29. The molecule has 0 aliphatic rings. The number of nitrogens with two attached hydrogens (primary N) is 1. The number of methoxy groups -OCH3 is 1. The minimum absolute atomic E-state index is 0.429. The molecule has 1 aromatic heterocycles. The number of rotatable bonds is 6. The Bertz CT molecular complexity index is 622. The maximum atomic E-state index is 11.0. The van der Waals surface area contributed by atoms with E-state index in [1.807, 2.05) is 31.1 Å². The van der Waals surface area contributed by atoms with E-state index in [4.69, 9.17) is 10.5 Å². The molecule has 0 aliphatic heterocycles. The van der Waals surface area contributed by atoms with Gasteiger partial charge < -0.3 is 20.7 Å². The Morgan fingerprint density at radius 3 is 2.57 bits per heavy atom. The summed E-state index contributed by atoms with van der Waals surface area (Å²) in [5.41, 5.74) is 6.61. The number of hydrogen-bond acceptors (Lipinski definition) is 6. The number of nitrogens with zero attached hydrogens (tertiary/aromatic N) is 2. The van der Waals surface area contributed by atoms with Crippen LogP contribution in [0.1, 0.15) is 15.2 Å². The Morgan fingerprint density at radius 2 is 2.05 bits per heavy atom. The lowest BCUT2D eigenvalue weighted by molar-refractivity contribution is 0.100. The van der Waals surface area contributed by atoms with E-state index in [2.05, 4.69) is 10.3 Å². The van der Waals surface area contributed by atoms with E-state index in [9.17, 15) is 4.79 Å². The molecule has 1 amide bonds. The van der Waals surface area contributed by atoms with E-state index < -0.39 is 5.91 Å². The molecule has 112 valence electrons. The van der Waals surface area contributed by atoms with E-state index in [0.29, 0.717) is 18.0 Å². The zero-order valence-electron chi connectivity index (χ0n) is 12.2. The Morgan fingerprint density at radius 1 is 1.38 bits per heavy atom. The standard InChI is InChI=1S/C14H18N4O2S/c1-18(2)14-17-13(20-3)11(21-14)8-16-10-6-4-9(5-7-10)12(15)19/h4-7,16H,8H2,1-3H3,(H2,15,19). The van der Waals surface area contributed by atoms with Gasteiger partial charge in [-0.25, -0.2) is 0 Å². The second kappa shape index (κ2) is 6.45. The quantitative estimate of drug-likeness (QED) is 0.852. The SMILES string of the molecule is COc1nc(N(C)C)sc1CNc1ccc(C(N)=O)cc1. The zero-order chi connectivity index (χ0) is 15.4. The summed E-state index contributed by atoms with van der Waals surface area (Å²) in [6.07, 6.45) is 0. The van der Waals surface area contributed by atoms with Gasteiger partial charge in [0, 0.05) is 25.3 Å². The van der Waals surface area contributed by atoms with Crippen LogP contribution in [0.3, 0.4) is 0 Å². The molecule has 0 fully saturated rings. The highest BCUT2D eigenvalue weighted by molar-refractivity contribution is 7.15. The lowest BCUT2D eigenvalue weighted by atomic mass is 10.2. The van der Waals surface area contributed by atoms with Crippen LogP contribution >= 0.6 is 11.3 Å². The van der Waals surface area contributed by atoms with Crippen molar-refractivity contribution in [3.63, 3.8) is 0 Å². The predicted molar refractivity (Wildman–Crippen MR) is 85.3 cm³/mol. The molecule has 6 nitrogen and oxygen atoms in total. The van der Waals surface area contributed by atoms with E-state index in [1.165, 1.54) is 0 Å². The topological polar surface area (TPSA) is 80.5 Å². The summed E-state index contributed by atoms with van der Waals surface area (Å²) >= 11 is 1.57. The monoisotopic (exact) mass is 306 g/mol. The normalized spacial score (nSPS) is 10.2. The van der Waals surface area contributed by atoms with Gasteiger partial charge in [-0.05, 0) is 24.3 Å². The van der Waals surface area contributed by atoms with Crippen molar-refractivity contribution >= 4 is 28.1 Å². The van der Waals surface area contributed by atoms with Gasteiger partial charge in [0.25, 0.3) is 0 Å². The van der Waals surface area contributed by atoms with Crippen molar-refractivity contribution in [2.45, 2.75) is 6.54 Å². The predicted octanol–water partition coefficient (Wildman–Crippen LogP) is 1.93. The number of nitrogens with one attached hydrogen (secondary N) is 1. The number of benzene rings is 1. The molecule has 0 radical (unpaired) electrons. The van der Waals surface area contributed by atoms with Crippen LogP contribution in [-0.2, 0) is 6.54 Å². The van der Waals surface area contributed by atoms with Crippen LogP contribution < -0.4 is 20.7 Å². The van der Waals surface area contributed by atoms with Gasteiger partial charge in [-0.3, -0.25) is 4.79 Å². The molecule has 0 bridgehead atoms. The first-order valence-corrected chi connectivity index (χ1v) is 7.17. The number of hydrogen-bond donors (Lipinski definition) is 2. The number of thiazole rings is 1. The zero-order valence-corrected chi connectivity index (χ0v) is 13.0. The molecule has 0 atom stereocenters. The second-order valence-corrected chi connectivity index (χ2v) is 5.68. The van der Waals surface area contributed by atoms with E-state index >= 15 is 0 Å². The molecule has 2 rings (SSSR count). The minimum atomic E-state index is -0.429. The van der Waals surface area contributed by atoms with Gasteiger partial charge in [-0.2, -0.15) is 4.98 Å². The molecule has 0 unspecified atom stereocenters. The molecule has 1 aromatic carbocycles. The number of amides is 1. The molecule has 3 N–H and O–H groups in total. The fourth-order valence-corrected chi connectivity index (χ4v) is 2.62. The molecule has 2 aromatic rings. The van der Waals surface area contributed by atoms with Crippen LogP contribution in [0, 0.1) is 0 Å². The summed E-state index contributed by atoms with van der Waals surface area (Å²) in [4.78, 5) is 18.4. The molecule has 21 heavy (non-hydrogen) atoms. The van der Waals surface area contributed by atoms with Crippen LogP contribution in [0.5, 0.6) is 5.88 Å². The second-order valence-electron chi connectivity index (χ2n) is 4.62. The van der Waals surface area contributed by atoms with Gasteiger partial charge in [0.1, 0.15) is 0 Å². The van der Waals surface area contributed by atoms with Crippen LogP contribution in [0.2, 0.25) is 0 Å². The summed E-state index contributed by atoms with van der Waals surface area (Å²) in [7, 11) is 5.50. The average molecular weight is 306 g/mol. The lowest BCUT2D eigenvalue weighted by Gasteiger charge is -2.06. The van der Waals surface area contributed by atoms with Crippen molar-refractivity contribution in [1.29, 1.82) is 0 Å². The smallest absolute Gasteiger partial charge is 0.248 e. The highest BCUT2D eigenvalue weighted by Gasteiger charge is 2.12. The first-order valence-electron chi connectivity index (χ1n) is 6.36. The average Bonchev–Trinajstić information content (AvgIpc) is 2.89. The largest absolute Gasteiger partial charge is 0.480 e. The third kappa shape index (κ3) is 3.63. The Labute approximate surface area is 127 Å². The molecule has 0 aliphatic carbocycles. The highest BCUT2D eigenvalue weighted by Crippen LogP contribution is 2.30. The van der Waals surface area contributed by atoms with Gasteiger partial charge in [0.2, 0.25) is 11.8 Å². The number of aromatic nitrogens is 1. The first kappa shape index (κ1) is 15.1. The highest BCUT2D eigenvalue weighted by atomic mass is 32.1. The van der Waals surface area contributed by atoms with Gasteiger partial charge in [0.15, 0.2) is 5.13 Å². The van der Waals surface area contributed by atoms with E-state index in [0.717, 1.165) is 15.7 Å². The molecule has 0 saturated heterocycles. The summed E-state index contributed by atoms with van der Waals surface area (Å²) in [6.45, 7) is 0.602. The number of carbonyl (C=O) groups excluding carboxylic acids is 1. The van der Waals surface area contributed by atoms with Crippen LogP contribution in [0.25, 0.3) is 0 Å². The van der Waals surface area contributed by atoms with Crippen molar-refractivity contribution < 1.29 is 9.53 Å². The number of primary amides is 1. The van der Waals surface area contributed by atoms with Crippen molar-refractivity contribution in [2.75, 3.05) is 31.4 Å². The molecule has 7 heteroatoms. The maximum absolute atomic E-state index is 11.0. The maximum Gasteiger partial charge on any atom is 0.248 e. The number of carbonyl (C=O) groups is 1. The minimum Gasteiger partial charge on any atom is -0.480 e. The van der Waals surface area contributed by atoms with Gasteiger partial charge in [-0.15, -0.1) is 0 Å². The Balaban J connectivity index is 2.07. The molecular formula is C14H18N4O2S. The third-order valence-electron chi connectivity index (χ3n) is 2.85. The Kier molecular flexibility index (Phi) is 4.64. The molecule has 1 heterocycles. The molecule has 0 saturated carbocycles. The summed E-state index contributed by atoms with van der Waals surface area (Å²) in [6, 6.07) is 7.03. The van der Waals surface area contributed by atoms with E-state index in [1.54, 1.807) is 30.6 Å². The number of anilines is 2. The third-order valence-corrected chi connectivity index (χ3v) is 4.05. The fourth-order valence-electron chi connectivity index (χ4n) is 1.72. The van der Waals surface area contributed by atoms with Gasteiger partial charge >= 0.3 is 0 Å². The van der Waals surface area contributed by atoms with Crippen molar-refractivity contribution in [1.82, 2.24) is 4.98 Å².